The van der Waals surface area contributed by atoms with E-state index in [9.17, 15) is 4.79 Å². The fourth-order valence-corrected chi connectivity index (χ4v) is 3.78. The minimum Gasteiger partial charge on any atom is -0.368 e. The fourth-order valence-electron chi connectivity index (χ4n) is 3.08. The molecule has 0 spiro atoms. The molecule has 0 saturated heterocycles. The number of carbonyl (C=O) groups excluding carboxylic acids is 1. The summed E-state index contributed by atoms with van der Waals surface area (Å²) in [6.07, 6.45) is 2.61. The zero-order valence-corrected chi connectivity index (χ0v) is 13.7. The highest BCUT2D eigenvalue weighted by molar-refractivity contribution is 7.10. The van der Waals surface area contributed by atoms with Gasteiger partial charge in [-0.1, -0.05) is 24.3 Å². The molecular weight excluding hydrogens is 292 g/mol. The molecule has 2 heterocycles. The summed E-state index contributed by atoms with van der Waals surface area (Å²) in [5.41, 5.74) is 2.80. The van der Waals surface area contributed by atoms with Crippen molar-refractivity contribution in [2.24, 2.45) is 0 Å². The van der Waals surface area contributed by atoms with Gasteiger partial charge in [-0.05, 0) is 42.8 Å². The van der Waals surface area contributed by atoms with Gasteiger partial charge in [-0.15, -0.1) is 11.3 Å². The van der Waals surface area contributed by atoms with Crippen LogP contribution in [0.3, 0.4) is 0 Å². The van der Waals surface area contributed by atoms with E-state index >= 15 is 0 Å². The number of nitrogens with zero attached hydrogens (tertiary/aromatic N) is 1. The zero-order valence-electron chi connectivity index (χ0n) is 12.9. The lowest BCUT2D eigenvalue weighted by Crippen LogP contribution is -2.33. The number of nitrogens with one attached hydrogen (secondary N) is 1. The van der Waals surface area contributed by atoms with Crippen molar-refractivity contribution in [3.05, 3.63) is 52.2 Å². The first-order valence-electron chi connectivity index (χ1n) is 7.87. The Balaban J connectivity index is 1.43. The first-order chi connectivity index (χ1) is 10.7. The molecule has 1 aliphatic rings. The summed E-state index contributed by atoms with van der Waals surface area (Å²) in [6.45, 7) is 4.02. The Morgan fingerprint density at radius 2 is 2.18 bits per heavy atom. The third-order valence-electron chi connectivity index (χ3n) is 4.16. The number of hydrogen-bond donors (Lipinski definition) is 1. The van der Waals surface area contributed by atoms with Crippen LogP contribution in [0, 0.1) is 0 Å². The van der Waals surface area contributed by atoms with E-state index in [0.717, 1.165) is 30.8 Å². The van der Waals surface area contributed by atoms with Gasteiger partial charge in [-0.2, -0.15) is 0 Å². The number of amides is 1. The smallest absolute Gasteiger partial charge is 0.225 e. The highest BCUT2D eigenvalue weighted by Crippen LogP contribution is 2.31. The van der Waals surface area contributed by atoms with Crippen molar-refractivity contribution in [1.29, 1.82) is 0 Å². The normalized spacial score (nSPS) is 16.6. The van der Waals surface area contributed by atoms with E-state index in [-0.39, 0.29) is 5.91 Å². The van der Waals surface area contributed by atoms with Crippen molar-refractivity contribution >= 4 is 22.9 Å². The van der Waals surface area contributed by atoms with Crippen LogP contribution in [0.25, 0.3) is 0 Å². The summed E-state index contributed by atoms with van der Waals surface area (Å²) < 4.78 is 0. The van der Waals surface area contributed by atoms with Crippen molar-refractivity contribution in [3.63, 3.8) is 0 Å². The molecule has 1 aromatic heterocycles. The van der Waals surface area contributed by atoms with Gasteiger partial charge in [0, 0.05) is 29.7 Å². The Hall–Kier alpha value is -1.81. The van der Waals surface area contributed by atoms with Crippen LogP contribution in [0.4, 0.5) is 5.69 Å². The Kier molecular flexibility index (Phi) is 4.78. The van der Waals surface area contributed by atoms with E-state index in [1.165, 1.54) is 11.3 Å². The van der Waals surface area contributed by atoms with Crippen molar-refractivity contribution in [2.75, 3.05) is 18.0 Å². The molecule has 1 aliphatic heterocycles. The molecular formula is C18H22N2OS. The maximum absolute atomic E-state index is 11.9. The van der Waals surface area contributed by atoms with Gasteiger partial charge >= 0.3 is 0 Å². The van der Waals surface area contributed by atoms with Crippen molar-refractivity contribution < 1.29 is 4.79 Å². The van der Waals surface area contributed by atoms with Crippen LogP contribution in [-0.2, 0) is 17.6 Å². The molecule has 116 valence electrons. The Labute approximate surface area is 136 Å². The van der Waals surface area contributed by atoms with Gasteiger partial charge in [-0.25, -0.2) is 0 Å². The zero-order chi connectivity index (χ0) is 15.4. The summed E-state index contributed by atoms with van der Waals surface area (Å²) in [5, 5.41) is 5.03. The molecule has 1 aromatic carbocycles. The largest absolute Gasteiger partial charge is 0.368 e. The molecule has 0 aliphatic carbocycles. The lowest BCUT2D eigenvalue weighted by molar-refractivity contribution is -0.120. The summed E-state index contributed by atoms with van der Waals surface area (Å²) in [5.74, 6) is 0.123. The van der Waals surface area contributed by atoms with Crippen molar-refractivity contribution in [3.8, 4) is 0 Å². The van der Waals surface area contributed by atoms with Gasteiger partial charge in [0.05, 0.1) is 6.42 Å². The summed E-state index contributed by atoms with van der Waals surface area (Å²) in [6, 6.07) is 13.2. The molecule has 1 N–H and O–H groups in total. The number of hydrogen-bond acceptors (Lipinski definition) is 3. The molecule has 1 atom stereocenters. The monoisotopic (exact) mass is 314 g/mol. The van der Waals surface area contributed by atoms with Gasteiger partial charge in [0.25, 0.3) is 0 Å². The van der Waals surface area contributed by atoms with Crippen LogP contribution in [-0.4, -0.2) is 25.0 Å². The molecule has 3 nitrogen and oxygen atoms in total. The minimum absolute atomic E-state index is 0.123. The van der Waals surface area contributed by atoms with E-state index in [4.69, 9.17) is 0 Å². The second-order valence-corrected chi connectivity index (χ2v) is 6.87. The van der Waals surface area contributed by atoms with Crippen LogP contribution >= 0.6 is 11.3 Å². The average molecular weight is 314 g/mol. The molecule has 3 rings (SSSR count). The average Bonchev–Trinajstić information content (AvgIpc) is 3.11. The van der Waals surface area contributed by atoms with E-state index in [1.807, 2.05) is 17.5 Å². The summed E-state index contributed by atoms with van der Waals surface area (Å²) in [4.78, 5) is 15.4. The first-order valence-corrected chi connectivity index (χ1v) is 8.75. The Morgan fingerprint density at radius 1 is 1.32 bits per heavy atom. The van der Waals surface area contributed by atoms with Gasteiger partial charge in [0.15, 0.2) is 0 Å². The van der Waals surface area contributed by atoms with Gasteiger partial charge in [-0.3, -0.25) is 4.79 Å². The van der Waals surface area contributed by atoms with E-state index in [1.54, 1.807) is 11.3 Å². The summed E-state index contributed by atoms with van der Waals surface area (Å²) >= 11 is 1.63. The van der Waals surface area contributed by atoms with Gasteiger partial charge in [0.1, 0.15) is 0 Å². The quantitative estimate of drug-likeness (QED) is 0.830. The van der Waals surface area contributed by atoms with Gasteiger partial charge < -0.3 is 10.2 Å². The second kappa shape index (κ2) is 6.97. The maximum Gasteiger partial charge on any atom is 0.225 e. The molecule has 0 fully saturated rings. The number of carbonyl (C=O) groups is 1. The van der Waals surface area contributed by atoms with Crippen LogP contribution in [0.2, 0.25) is 0 Å². The van der Waals surface area contributed by atoms with Gasteiger partial charge in [0.2, 0.25) is 5.91 Å². The molecule has 0 unspecified atom stereocenters. The molecule has 2 aromatic rings. The van der Waals surface area contributed by atoms with Crippen molar-refractivity contribution in [1.82, 2.24) is 5.32 Å². The molecule has 0 bridgehead atoms. The number of fused-ring (bicyclic) bond motifs is 1. The van der Waals surface area contributed by atoms with E-state index in [2.05, 4.69) is 41.4 Å². The predicted octanol–water partition coefficient (Wildman–Crippen LogP) is 3.25. The number of anilines is 1. The first kappa shape index (κ1) is 15.1. The molecule has 22 heavy (non-hydrogen) atoms. The SMILES string of the molecule is C[C@H]1Cc2ccccc2N1CCCNC(=O)Cc1cccs1. The molecule has 1 amide bonds. The van der Waals surface area contributed by atoms with Crippen LogP contribution < -0.4 is 10.2 Å². The fraction of sp³-hybridized carbons (Fsp3) is 0.389. The van der Waals surface area contributed by atoms with Crippen LogP contribution in [0.15, 0.2) is 41.8 Å². The minimum atomic E-state index is 0.123. The number of benzene rings is 1. The van der Waals surface area contributed by atoms with Crippen molar-refractivity contribution in [2.45, 2.75) is 32.2 Å². The summed E-state index contributed by atoms with van der Waals surface area (Å²) in [7, 11) is 0. The van der Waals surface area contributed by atoms with E-state index in [0.29, 0.717) is 12.5 Å². The Bertz CT molecular complexity index is 624. The number of rotatable bonds is 6. The highest BCUT2D eigenvalue weighted by Gasteiger charge is 2.24. The third kappa shape index (κ3) is 3.50. The van der Waals surface area contributed by atoms with E-state index < -0.39 is 0 Å². The standard InChI is InChI=1S/C18H22N2OS/c1-14-12-15-6-2-3-8-17(15)20(14)10-5-9-19-18(21)13-16-7-4-11-22-16/h2-4,6-8,11,14H,5,9-10,12-13H2,1H3,(H,19,21)/t14-/m0/s1. The molecule has 4 heteroatoms. The number of para-hydroxylation sites is 1. The van der Waals surface area contributed by atoms with Crippen LogP contribution in [0.1, 0.15) is 23.8 Å². The molecule has 0 saturated carbocycles. The lowest BCUT2D eigenvalue weighted by atomic mass is 10.1. The Morgan fingerprint density at radius 3 is 3.00 bits per heavy atom. The lowest BCUT2D eigenvalue weighted by Gasteiger charge is -2.24. The third-order valence-corrected chi connectivity index (χ3v) is 5.04. The predicted molar refractivity (Wildman–Crippen MR) is 92.6 cm³/mol. The number of thiophene rings is 1. The topological polar surface area (TPSA) is 32.3 Å². The second-order valence-electron chi connectivity index (χ2n) is 5.83. The highest BCUT2D eigenvalue weighted by atomic mass is 32.1. The van der Waals surface area contributed by atoms with Crippen LogP contribution in [0.5, 0.6) is 0 Å². The maximum atomic E-state index is 11.9. The molecule has 0 radical (unpaired) electrons.